The molecule has 170 valence electrons. The van der Waals surface area contributed by atoms with Crippen molar-refractivity contribution in [1.82, 2.24) is 10.2 Å². The van der Waals surface area contributed by atoms with E-state index < -0.39 is 36.1 Å². The van der Waals surface area contributed by atoms with Gasteiger partial charge in [0.05, 0.1) is 20.3 Å². The summed E-state index contributed by atoms with van der Waals surface area (Å²) < 4.78 is 54.6. The van der Waals surface area contributed by atoms with Gasteiger partial charge in [-0.05, 0) is 70.2 Å². The lowest BCUT2D eigenvalue weighted by Crippen LogP contribution is -2.16. The molecule has 0 saturated heterocycles. The molecule has 11 heteroatoms. The summed E-state index contributed by atoms with van der Waals surface area (Å²) in [6, 6.07) is 11.5. The topological polar surface area (TPSA) is 136 Å². The van der Waals surface area contributed by atoms with Crippen molar-refractivity contribution in [2.24, 2.45) is 0 Å². The Labute approximate surface area is 186 Å². The van der Waals surface area contributed by atoms with Gasteiger partial charge < -0.3 is 4.42 Å². The summed E-state index contributed by atoms with van der Waals surface area (Å²) in [5.41, 5.74) is 0.598. The minimum Gasteiger partial charge on any atom is -0.403 e. The predicted molar refractivity (Wildman–Crippen MR) is 119 cm³/mol. The molecule has 0 aliphatic rings. The van der Waals surface area contributed by atoms with Gasteiger partial charge in [0.15, 0.2) is 19.7 Å². The van der Waals surface area contributed by atoms with Crippen LogP contribution in [-0.4, -0.2) is 43.4 Å². The normalized spacial score (nSPS) is 12.3. The van der Waals surface area contributed by atoms with E-state index in [1.165, 1.54) is 48.5 Å². The number of hydrogen-bond acceptors (Lipinski definition) is 8. The van der Waals surface area contributed by atoms with Crippen LogP contribution in [-0.2, 0) is 19.7 Å². The van der Waals surface area contributed by atoms with Gasteiger partial charge in [-0.2, -0.15) is 0 Å². The molecule has 1 amide bonds. The number of sulfone groups is 2. The molecular weight excluding hydrogens is 454 g/mol. The van der Waals surface area contributed by atoms with Gasteiger partial charge in [0.2, 0.25) is 5.89 Å². The fourth-order valence-corrected chi connectivity index (χ4v) is 4.87. The molecule has 0 bridgehead atoms. The standard InChI is InChI=1S/C21H23N3O6S2/c1-13(2)31(26,27)17-10-8-15(9-11-17)20-23-24-21(30-20)22-19(25)16-6-5-7-18(12-16)32(28,29)14(3)4/h5-14H,1-4H3,(H,22,24,25). The van der Waals surface area contributed by atoms with Gasteiger partial charge in [-0.25, -0.2) is 16.8 Å². The second-order valence-electron chi connectivity index (χ2n) is 7.61. The van der Waals surface area contributed by atoms with E-state index in [0.29, 0.717) is 5.56 Å². The summed E-state index contributed by atoms with van der Waals surface area (Å²) >= 11 is 0. The highest BCUT2D eigenvalue weighted by Crippen LogP contribution is 2.24. The zero-order valence-corrected chi connectivity index (χ0v) is 19.6. The Morgan fingerprint density at radius 1 is 0.844 bits per heavy atom. The predicted octanol–water partition coefficient (Wildman–Crippen LogP) is 3.35. The third kappa shape index (κ3) is 4.73. The van der Waals surface area contributed by atoms with Crippen molar-refractivity contribution < 1.29 is 26.0 Å². The summed E-state index contributed by atoms with van der Waals surface area (Å²) in [6.07, 6.45) is 0. The number of rotatable bonds is 7. The van der Waals surface area contributed by atoms with Crippen LogP contribution < -0.4 is 5.32 Å². The smallest absolute Gasteiger partial charge is 0.322 e. The second-order valence-corrected chi connectivity index (χ2v) is 12.6. The molecule has 0 fully saturated rings. The molecule has 3 aromatic rings. The molecule has 0 atom stereocenters. The van der Waals surface area contributed by atoms with Gasteiger partial charge in [-0.3, -0.25) is 10.1 Å². The first kappa shape index (κ1) is 23.6. The molecule has 0 radical (unpaired) electrons. The van der Waals surface area contributed by atoms with Gasteiger partial charge in [-0.15, -0.1) is 5.10 Å². The van der Waals surface area contributed by atoms with Crippen LogP contribution in [0, 0.1) is 0 Å². The zero-order chi connectivity index (χ0) is 23.7. The number of amides is 1. The Hall–Kier alpha value is -3.05. The first-order valence-electron chi connectivity index (χ1n) is 9.76. The third-order valence-corrected chi connectivity index (χ3v) is 9.06. The number of hydrogen-bond donors (Lipinski definition) is 1. The highest BCUT2D eigenvalue weighted by Gasteiger charge is 2.22. The molecule has 0 unspecified atom stereocenters. The van der Waals surface area contributed by atoms with E-state index in [0.717, 1.165) is 0 Å². The minimum absolute atomic E-state index is 0.0443. The van der Waals surface area contributed by atoms with E-state index in [2.05, 4.69) is 15.5 Å². The molecule has 1 aromatic heterocycles. The van der Waals surface area contributed by atoms with Crippen molar-refractivity contribution in [2.45, 2.75) is 48.0 Å². The summed E-state index contributed by atoms with van der Waals surface area (Å²) in [4.78, 5) is 12.8. The van der Waals surface area contributed by atoms with E-state index in [1.807, 2.05) is 0 Å². The molecule has 0 aliphatic carbocycles. The van der Waals surface area contributed by atoms with Crippen LogP contribution in [0.2, 0.25) is 0 Å². The van der Waals surface area contributed by atoms with Gasteiger partial charge in [-0.1, -0.05) is 11.2 Å². The first-order chi connectivity index (χ1) is 14.9. The summed E-state index contributed by atoms with van der Waals surface area (Å²) in [5, 5.41) is 8.90. The van der Waals surface area contributed by atoms with E-state index in [9.17, 15) is 21.6 Å². The zero-order valence-electron chi connectivity index (χ0n) is 17.9. The summed E-state index contributed by atoms with van der Waals surface area (Å²) in [6.45, 7) is 6.33. The lowest BCUT2D eigenvalue weighted by Gasteiger charge is -2.09. The average Bonchev–Trinajstić information content (AvgIpc) is 3.22. The maximum atomic E-state index is 12.5. The lowest BCUT2D eigenvalue weighted by molar-refractivity contribution is 0.102. The van der Waals surface area contributed by atoms with Crippen molar-refractivity contribution in [3.63, 3.8) is 0 Å². The fourth-order valence-electron chi connectivity index (χ4n) is 2.71. The van der Waals surface area contributed by atoms with Crippen LogP contribution in [0.1, 0.15) is 38.1 Å². The van der Waals surface area contributed by atoms with Crippen LogP contribution in [0.15, 0.2) is 62.7 Å². The largest absolute Gasteiger partial charge is 0.403 e. The fraction of sp³-hybridized carbons (Fsp3) is 0.286. The molecule has 1 heterocycles. The van der Waals surface area contributed by atoms with Crippen molar-refractivity contribution in [1.29, 1.82) is 0 Å². The molecule has 0 aliphatic heterocycles. The number of carbonyl (C=O) groups is 1. The maximum absolute atomic E-state index is 12.5. The van der Waals surface area contributed by atoms with Crippen LogP contribution in [0.3, 0.4) is 0 Å². The molecule has 9 nitrogen and oxygen atoms in total. The summed E-state index contributed by atoms with van der Waals surface area (Å²) in [7, 11) is -6.93. The van der Waals surface area contributed by atoms with E-state index in [4.69, 9.17) is 4.42 Å². The van der Waals surface area contributed by atoms with Gasteiger partial charge in [0.25, 0.3) is 5.91 Å². The first-order valence-corrected chi connectivity index (χ1v) is 12.9. The molecular formula is C21H23N3O6S2. The Bertz CT molecular complexity index is 1340. The molecule has 3 rings (SSSR count). The average molecular weight is 478 g/mol. The van der Waals surface area contributed by atoms with Gasteiger partial charge in [0.1, 0.15) is 0 Å². The highest BCUT2D eigenvalue weighted by molar-refractivity contribution is 7.92. The van der Waals surface area contributed by atoms with E-state index in [-0.39, 0.29) is 27.3 Å². The Morgan fingerprint density at radius 3 is 2.03 bits per heavy atom. The van der Waals surface area contributed by atoms with Crippen molar-refractivity contribution in [3.05, 3.63) is 54.1 Å². The number of nitrogens with zero attached hydrogens (tertiary/aromatic N) is 2. The Balaban J connectivity index is 1.78. The van der Waals surface area contributed by atoms with Crippen molar-refractivity contribution in [3.8, 4) is 11.5 Å². The lowest BCUT2D eigenvalue weighted by atomic mass is 10.2. The van der Waals surface area contributed by atoms with Crippen LogP contribution >= 0.6 is 0 Å². The number of carbonyl (C=O) groups excluding carboxylic acids is 1. The maximum Gasteiger partial charge on any atom is 0.322 e. The third-order valence-electron chi connectivity index (χ3n) is 4.74. The number of anilines is 1. The minimum atomic E-state index is -3.53. The monoisotopic (exact) mass is 477 g/mol. The number of aromatic nitrogens is 2. The van der Waals surface area contributed by atoms with Crippen molar-refractivity contribution >= 4 is 31.6 Å². The van der Waals surface area contributed by atoms with Gasteiger partial charge >= 0.3 is 6.01 Å². The number of nitrogens with one attached hydrogen (secondary N) is 1. The Morgan fingerprint density at radius 2 is 1.44 bits per heavy atom. The molecule has 1 N–H and O–H groups in total. The van der Waals surface area contributed by atoms with Crippen LogP contribution in [0.4, 0.5) is 6.01 Å². The Kier molecular flexibility index (Phi) is 6.51. The second kappa shape index (κ2) is 8.83. The van der Waals surface area contributed by atoms with Crippen LogP contribution in [0.25, 0.3) is 11.5 Å². The highest BCUT2D eigenvalue weighted by atomic mass is 32.2. The molecule has 2 aromatic carbocycles. The van der Waals surface area contributed by atoms with Crippen LogP contribution in [0.5, 0.6) is 0 Å². The van der Waals surface area contributed by atoms with Crippen molar-refractivity contribution in [2.75, 3.05) is 5.32 Å². The summed E-state index contributed by atoms with van der Waals surface area (Å²) in [5.74, 6) is -0.524. The SMILES string of the molecule is CC(C)S(=O)(=O)c1ccc(-c2nnc(NC(=O)c3cccc(S(=O)(=O)C(C)C)c3)o2)cc1. The number of benzene rings is 2. The molecule has 0 saturated carbocycles. The van der Waals surface area contributed by atoms with E-state index in [1.54, 1.807) is 27.7 Å². The molecule has 0 spiro atoms. The van der Waals surface area contributed by atoms with E-state index >= 15 is 0 Å². The molecule has 32 heavy (non-hydrogen) atoms. The quantitative estimate of drug-likeness (QED) is 0.547. The van der Waals surface area contributed by atoms with Gasteiger partial charge in [0, 0.05) is 11.1 Å².